The largest absolute Gasteiger partial charge is 0.463 e. The summed E-state index contributed by atoms with van der Waals surface area (Å²) < 4.78 is 5.08. The molecule has 2 N–H and O–H groups in total. The van der Waals surface area contributed by atoms with Crippen LogP contribution in [0.15, 0.2) is 33.7 Å². The maximum absolute atomic E-state index is 11.7. The standard InChI is InChI=1S/C10H6ClNO3/c11-5-1-2-8-6(3-5)9(13)7(4-15-8)10(12)14/h1-4H,(H2,12,14). The predicted molar refractivity (Wildman–Crippen MR) is 56.0 cm³/mol. The number of halogens is 1. The molecule has 0 atom stereocenters. The molecule has 0 bridgehead atoms. The van der Waals surface area contributed by atoms with Crippen molar-refractivity contribution in [1.29, 1.82) is 0 Å². The van der Waals surface area contributed by atoms with Gasteiger partial charge in [0.25, 0.3) is 5.91 Å². The molecule has 76 valence electrons. The predicted octanol–water partition coefficient (Wildman–Crippen LogP) is 1.55. The number of nitrogens with two attached hydrogens (primary N) is 1. The molecule has 1 heterocycles. The summed E-state index contributed by atoms with van der Waals surface area (Å²) in [7, 11) is 0. The summed E-state index contributed by atoms with van der Waals surface area (Å²) in [5.74, 6) is -0.814. The lowest BCUT2D eigenvalue weighted by molar-refractivity contribution is 0.0997. The molecule has 1 aromatic heterocycles. The summed E-state index contributed by atoms with van der Waals surface area (Å²) in [6.45, 7) is 0. The average molecular weight is 224 g/mol. The first-order valence-electron chi connectivity index (χ1n) is 4.10. The maximum Gasteiger partial charge on any atom is 0.255 e. The van der Waals surface area contributed by atoms with E-state index in [0.29, 0.717) is 10.6 Å². The Bertz CT molecular complexity index is 603. The third-order valence-corrected chi connectivity index (χ3v) is 2.24. The Morgan fingerprint density at radius 3 is 2.80 bits per heavy atom. The zero-order valence-corrected chi connectivity index (χ0v) is 8.25. The van der Waals surface area contributed by atoms with E-state index >= 15 is 0 Å². The Hall–Kier alpha value is -1.81. The lowest BCUT2D eigenvalue weighted by Gasteiger charge is -1.98. The van der Waals surface area contributed by atoms with Crippen molar-refractivity contribution in [2.45, 2.75) is 0 Å². The van der Waals surface area contributed by atoms with Gasteiger partial charge in [-0.3, -0.25) is 9.59 Å². The fourth-order valence-corrected chi connectivity index (χ4v) is 1.45. The number of hydrogen-bond acceptors (Lipinski definition) is 3. The maximum atomic E-state index is 11.7. The molecule has 2 rings (SSSR count). The SMILES string of the molecule is NC(=O)c1coc2ccc(Cl)cc2c1=O. The molecule has 0 aliphatic rings. The van der Waals surface area contributed by atoms with Gasteiger partial charge in [0.05, 0.1) is 5.39 Å². The van der Waals surface area contributed by atoms with Crippen LogP contribution in [0.1, 0.15) is 10.4 Å². The number of primary amides is 1. The Balaban J connectivity index is 2.89. The monoisotopic (exact) mass is 223 g/mol. The highest BCUT2D eigenvalue weighted by atomic mass is 35.5. The van der Waals surface area contributed by atoms with Crippen LogP contribution >= 0.6 is 11.6 Å². The highest BCUT2D eigenvalue weighted by Gasteiger charge is 2.11. The third-order valence-electron chi connectivity index (χ3n) is 2.00. The third kappa shape index (κ3) is 1.59. The van der Waals surface area contributed by atoms with Crippen molar-refractivity contribution in [3.63, 3.8) is 0 Å². The van der Waals surface area contributed by atoms with Gasteiger partial charge in [-0.15, -0.1) is 0 Å². The quantitative estimate of drug-likeness (QED) is 0.797. The Morgan fingerprint density at radius 1 is 1.40 bits per heavy atom. The summed E-state index contributed by atoms with van der Waals surface area (Å²) in [5, 5.41) is 0.648. The summed E-state index contributed by atoms with van der Waals surface area (Å²) in [4.78, 5) is 22.6. The van der Waals surface area contributed by atoms with Crippen LogP contribution in [0.25, 0.3) is 11.0 Å². The van der Waals surface area contributed by atoms with Gasteiger partial charge in [0.1, 0.15) is 17.4 Å². The van der Waals surface area contributed by atoms with Crippen molar-refractivity contribution in [2.75, 3.05) is 0 Å². The van der Waals surface area contributed by atoms with Crippen molar-refractivity contribution in [1.82, 2.24) is 0 Å². The second-order valence-electron chi connectivity index (χ2n) is 2.98. The van der Waals surface area contributed by atoms with Crippen molar-refractivity contribution < 1.29 is 9.21 Å². The van der Waals surface area contributed by atoms with Gasteiger partial charge < -0.3 is 10.2 Å². The van der Waals surface area contributed by atoms with Gasteiger partial charge in [0, 0.05) is 5.02 Å². The molecule has 0 fully saturated rings. The van der Waals surface area contributed by atoms with E-state index in [1.54, 1.807) is 12.1 Å². The van der Waals surface area contributed by atoms with Crippen LogP contribution in [0.2, 0.25) is 5.02 Å². The summed E-state index contributed by atoms with van der Waals surface area (Å²) in [6, 6.07) is 4.59. The Morgan fingerprint density at radius 2 is 2.13 bits per heavy atom. The number of carbonyl (C=O) groups excluding carboxylic acids is 1. The molecule has 0 radical (unpaired) electrons. The van der Waals surface area contributed by atoms with E-state index in [-0.39, 0.29) is 10.9 Å². The highest BCUT2D eigenvalue weighted by Crippen LogP contribution is 2.16. The smallest absolute Gasteiger partial charge is 0.255 e. The van der Waals surface area contributed by atoms with Crippen LogP contribution < -0.4 is 11.2 Å². The van der Waals surface area contributed by atoms with E-state index in [1.165, 1.54) is 6.07 Å². The lowest BCUT2D eigenvalue weighted by Crippen LogP contribution is -2.21. The lowest BCUT2D eigenvalue weighted by atomic mass is 10.2. The average Bonchev–Trinajstić information content (AvgIpc) is 2.19. The van der Waals surface area contributed by atoms with Crippen LogP contribution in [0.3, 0.4) is 0 Å². The van der Waals surface area contributed by atoms with Crippen molar-refractivity contribution in [3.8, 4) is 0 Å². The molecule has 1 aromatic carbocycles. The topological polar surface area (TPSA) is 73.3 Å². The van der Waals surface area contributed by atoms with Crippen LogP contribution in [0.5, 0.6) is 0 Å². The van der Waals surface area contributed by atoms with Crippen LogP contribution in [-0.2, 0) is 0 Å². The van der Waals surface area contributed by atoms with Crippen molar-refractivity contribution in [2.24, 2.45) is 5.73 Å². The van der Waals surface area contributed by atoms with Gasteiger partial charge in [0.2, 0.25) is 5.43 Å². The summed E-state index contributed by atoms with van der Waals surface area (Å²) >= 11 is 5.73. The number of benzene rings is 1. The molecule has 0 aliphatic heterocycles. The summed E-state index contributed by atoms with van der Waals surface area (Å²) in [6.07, 6.45) is 1.06. The van der Waals surface area contributed by atoms with Crippen molar-refractivity contribution >= 4 is 28.5 Å². The van der Waals surface area contributed by atoms with Gasteiger partial charge in [0.15, 0.2) is 0 Å². The second kappa shape index (κ2) is 3.40. The van der Waals surface area contributed by atoms with Gasteiger partial charge in [-0.1, -0.05) is 11.6 Å². The van der Waals surface area contributed by atoms with Crippen molar-refractivity contribution in [3.05, 3.63) is 45.3 Å². The van der Waals surface area contributed by atoms with E-state index in [9.17, 15) is 9.59 Å². The van der Waals surface area contributed by atoms with Crippen LogP contribution in [0, 0.1) is 0 Å². The van der Waals surface area contributed by atoms with Gasteiger partial charge in [-0.25, -0.2) is 0 Å². The fourth-order valence-electron chi connectivity index (χ4n) is 1.27. The Kier molecular flexibility index (Phi) is 2.21. The highest BCUT2D eigenvalue weighted by molar-refractivity contribution is 6.31. The number of carbonyl (C=O) groups is 1. The molecule has 2 aromatic rings. The van der Waals surface area contributed by atoms with Gasteiger partial charge >= 0.3 is 0 Å². The molecule has 0 saturated heterocycles. The Labute approximate surface area is 89.2 Å². The second-order valence-corrected chi connectivity index (χ2v) is 3.42. The zero-order chi connectivity index (χ0) is 11.0. The molecule has 0 spiro atoms. The number of amides is 1. The molecule has 1 amide bonds. The minimum Gasteiger partial charge on any atom is -0.463 e. The molecule has 0 aliphatic carbocycles. The van der Waals surface area contributed by atoms with Crippen LogP contribution in [-0.4, -0.2) is 5.91 Å². The first-order chi connectivity index (χ1) is 7.09. The van der Waals surface area contributed by atoms with E-state index in [2.05, 4.69) is 0 Å². The number of rotatable bonds is 1. The van der Waals surface area contributed by atoms with E-state index < -0.39 is 11.3 Å². The first-order valence-corrected chi connectivity index (χ1v) is 4.48. The number of hydrogen-bond donors (Lipinski definition) is 1. The fraction of sp³-hybridized carbons (Fsp3) is 0. The minimum atomic E-state index is -0.814. The molecule has 0 saturated carbocycles. The van der Waals surface area contributed by atoms with Gasteiger partial charge in [-0.05, 0) is 18.2 Å². The number of fused-ring (bicyclic) bond motifs is 1. The minimum absolute atomic E-state index is 0.176. The van der Waals surface area contributed by atoms with Gasteiger partial charge in [-0.2, -0.15) is 0 Å². The first kappa shape index (κ1) is 9.73. The van der Waals surface area contributed by atoms with Crippen LogP contribution in [0.4, 0.5) is 0 Å². The molecule has 4 nitrogen and oxygen atoms in total. The molecule has 0 unspecified atom stereocenters. The molecular weight excluding hydrogens is 218 g/mol. The molecule has 15 heavy (non-hydrogen) atoms. The summed E-state index contributed by atoms with van der Waals surface area (Å²) in [5.41, 5.74) is 4.74. The normalized spacial score (nSPS) is 10.5. The van der Waals surface area contributed by atoms with E-state index in [0.717, 1.165) is 6.26 Å². The molecular formula is C10H6ClNO3. The van der Waals surface area contributed by atoms with E-state index in [4.69, 9.17) is 21.8 Å². The zero-order valence-electron chi connectivity index (χ0n) is 7.49. The van der Waals surface area contributed by atoms with E-state index in [1.807, 2.05) is 0 Å². The molecule has 5 heteroatoms.